The second-order valence-electron chi connectivity index (χ2n) is 6.22. The van der Waals surface area contributed by atoms with Crippen molar-refractivity contribution >= 4 is 11.7 Å². The Balaban J connectivity index is 1.60. The summed E-state index contributed by atoms with van der Waals surface area (Å²) in [7, 11) is 1.54. The zero-order chi connectivity index (χ0) is 20.2. The Bertz CT molecular complexity index is 751. The van der Waals surface area contributed by atoms with Crippen molar-refractivity contribution in [1.29, 1.82) is 0 Å². The Labute approximate surface area is 164 Å². The first-order valence-electron chi connectivity index (χ1n) is 9.05. The third-order valence-corrected chi connectivity index (χ3v) is 3.89. The molecule has 0 bridgehead atoms. The van der Waals surface area contributed by atoms with Crippen LogP contribution in [0.4, 0.5) is 0 Å². The largest absolute Gasteiger partial charge is 0.493 e. The van der Waals surface area contributed by atoms with E-state index in [4.69, 9.17) is 9.47 Å². The third-order valence-electron chi connectivity index (χ3n) is 3.89. The van der Waals surface area contributed by atoms with E-state index in [0.29, 0.717) is 18.0 Å². The fraction of sp³-hybridized carbons (Fsp3) is 0.333. The first kappa shape index (κ1) is 21.4. The average molecular weight is 386 g/mol. The molecule has 0 saturated carbocycles. The molecular weight excluding hydrogens is 360 g/mol. The van der Waals surface area contributed by atoms with Gasteiger partial charge in [0.1, 0.15) is 12.7 Å². The maximum atomic E-state index is 11.9. The second kappa shape index (κ2) is 11.7. The molecule has 7 heteroatoms. The maximum absolute atomic E-state index is 11.9. The minimum atomic E-state index is -0.801. The number of amides is 1. The number of para-hydroxylation sites is 2. The minimum absolute atomic E-state index is 0.00444. The summed E-state index contributed by atoms with van der Waals surface area (Å²) in [5.74, 6) is 0.550. The van der Waals surface area contributed by atoms with E-state index in [1.165, 1.54) is 0 Å². The number of carbonyl (C=O) groups excluding carboxylic acids is 2. The molecule has 0 spiro atoms. The Kier molecular flexibility index (Phi) is 8.97. The number of rotatable bonds is 12. The van der Waals surface area contributed by atoms with Crippen LogP contribution in [0.2, 0.25) is 0 Å². The van der Waals surface area contributed by atoms with Gasteiger partial charge in [0.2, 0.25) is 5.91 Å². The molecule has 150 valence electrons. The maximum Gasteiger partial charge on any atom is 0.227 e. The molecular formula is C21H26N2O5. The number of ketones is 1. The lowest BCUT2D eigenvalue weighted by atomic mass is 10.2. The SMILES string of the molecule is COc1ccccc1OCC(O)CNCC(=O)CC(=O)NCc1ccccc1. The van der Waals surface area contributed by atoms with E-state index >= 15 is 0 Å². The van der Waals surface area contributed by atoms with Crippen LogP contribution in [0.3, 0.4) is 0 Å². The molecule has 2 aromatic carbocycles. The Morgan fingerprint density at radius 2 is 1.71 bits per heavy atom. The van der Waals surface area contributed by atoms with Crippen LogP contribution in [0.1, 0.15) is 12.0 Å². The van der Waals surface area contributed by atoms with E-state index in [-0.39, 0.29) is 37.8 Å². The molecule has 2 aromatic rings. The molecule has 0 aliphatic heterocycles. The molecule has 7 nitrogen and oxygen atoms in total. The molecule has 2 rings (SSSR count). The molecule has 0 aromatic heterocycles. The lowest BCUT2D eigenvalue weighted by Crippen LogP contribution is -2.36. The van der Waals surface area contributed by atoms with Crippen LogP contribution in [0.15, 0.2) is 54.6 Å². The van der Waals surface area contributed by atoms with Crippen molar-refractivity contribution in [2.24, 2.45) is 0 Å². The van der Waals surface area contributed by atoms with Crippen molar-refractivity contribution in [2.75, 3.05) is 26.8 Å². The van der Waals surface area contributed by atoms with Gasteiger partial charge in [0.05, 0.1) is 20.1 Å². The van der Waals surface area contributed by atoms with Crippen molar-refractivity contribution in [3.8, 4) is 11.5 Å². The van der Waals surface area contributed by atoms with E-state index in [1.807, 2.05) is 42.5 Å². The van der Waals surface area contributed by atoms with Gasteiger partial charge in [-0.05, 0) is 17.7 Å². The van der Waals surface area contributed by atoms with E-state index in [9.17, 15) is 14.7 Å². The Hall–Kier alpha value is -2.90. The number of hydrogen-bond acceptors (Lipinski definition) is 6. The molecule has 0 heterocycles. The van der Waals surface area contributed by atoms with Gasteiger partial charge in [-0.3, -0.25) is 9.59 Å². The van der Waals surface area contributed by atoms with Gasteiger partial charge in [-0.1, -0.05) is 42.5 Å². The van der Waals surface area contributed by atoms with Gasteiger partial charge >= 0.3 is 0 Å². The molecule has 3 N–H and O–H groups in total. The number of methoxy groups -OCH3 is 1. The molecule has 0 fully saturated rings. The quantitative estimate of drug-likeness (QED) is 0.476. The highest BCUT2D eigenvalue weighted by Gasteiger charge is 2.11. The summed E-state index contributed by atoms with van der Waals surface area (Å²) < 4.78 is 10.7. The van der Waals surface area contributed by atoms with Crippen molar-refractivity contribution in [2.45, 2.75) is 19.1 Å². The van der Waals surface area contributed by atoms with Crippen LogP contribution in [0.25, 0.3) is 0 Å². The lowest BCUT2D eigenvalue weighted by Gasteiger charge is -2.14. The number of nitrogens with one attached hydrogen (secondary N) is 2. The second-order valence-corrected chi connectivity index (χ2v) is 6.22. The van der Waals surface area contributed by atoms with Crippen molar-refractivity contribution < 1.29 is 24.2 Å². The zero-order valence-corrected chi connectivity index (χ0v) is 15.9. The molecule has 28 heavy (non-hydrogen) atoms. The Morgan fingerprint density at radius 3 is 2.43 bits per heavy atom. The minimum Gasteiger partial charge on any atom is -0.493 e. The van der Waals surface area contributed by atoms with E-state index < -0.39 is 6.10 Å². The summed E-state index contributed by atoms with van der Waals surface area (Å²) in [5.41, 5.74) is 0.972. The van der Waals surface area contributed by atoms with Crippen molar-refractivity contribution in [3.63, 3.8) is 0 Å². The van der Waals surface area contributed by atoms with E-state index in [1.54, 1.807) is 19.2 Å². The van der Waals surface area contributed by atoms with Crippen molar-refractivity contribution in [3.05, 3.63) is 60.2 Å². The molecule has 0 saturated heterocycles. The zero-order valence-electron chi connectivity index (χ0n) is 15.9. The van der Waals surface area contributed by atoms with Gasteiger partial charge in [-0.25, -0.2) is 0 Å². The number of hydrogen-bond donors (Lipinski definition) is 3. The molecule has 0 aliphatic rings. The number of aliphatic hydroxyl groups is 1. The number of aliphatic hydroxyl groups excluding tert-OH is 1. The summed E-state index contributed by atoms with van der Waals surface area (Å²) >= 11 is 0. The highest BCUT2D eigenvalue weighted by molar-refractivity contribution is 5.98. The number of benzene rings is 2. The topological polar surface area (TPSA) is 96.9 Å². The monoisotopic (exact) mass is 386 g/mol. The van der Waals surface area contributed by atoms with E-state index in [2.05, 4.69) is 10.6 Å². The van der Waals surface area contributed by atoms with Gasteiger partial charge in [0.15, 0.2) is 17.3 Å². The van der Waals surface area contributed by atoms with Crippen LogP contribution in [0.5, 0.6) is 11.5 Å². The van der Waals surface area contributed by atoms with Crippen molar-refractivity contribution in [1.82, 2.24) is 10.6 Å². The molecule has 0 aliphatic carbocycles. The van der Waals surface area contributed by atoms with Gasteiger partial charge in [0.25, 0.3) is 0 Å². The summed E-state index contributed by atoms with van der Waals surface area (Å²) in [4.78, 5) is 23.7. The summed E-state index contributed by atoms with van der Waals surface area (Å²) in [6.07, 6.45) is -1.00. The predicted molar refractivity (Wildman–Crippen MR) is 105 cm³/mol. The predicted octanol–water partition coefficient (Wildman–Crippen LogP) is 1.30. The highest BCUT2D eigenvalue weighted by atomic mass is 16.5. The fourth-order valence-electron chi connectivity index (χ4n) is 2.46. The van der Waals surface area contributed by atoms with Gasteiger partial charge in [-0.2, -0.15) is 0 Å². The van der Waals surface area contributed by atoms with Gasteiger partial charge in [-0.15, -0.1) is 0 Å². The Morgan fingerprint density at radius 1 is 1.04 bits per heavy atom. The molecule has 1 atom stereocenters. The fourth-order valence-corrected chi connectivity index (χ4v) is 2.46. The summed E-state index contributed by atoms with van der Waals surface area (Å²) in [6, 6.07) is 16.6. The molecule has 1 unspecified atom stereocenters. The summed E-state index contributed by atoms with van der Waals surface area (Å²) in [6.45, 7) is 0.621. The van der Waals surface area contributed by atoms with Crippen LogP contribution in [0, 0.1) is 0 Å². The average Bonchev–Trinajstić information content (AvgIpc) is 2.71. The van der Waals surface area contributed by atoms with E-state index in [0.717, 1.165) is 5.56 Å². The first-order chi connectivity index (χ1) is 13.6. The van der Waals surface area contributed by atoms with Crippen LogP contribution >= 0.6 is 0 Å². The number of ether oxygens (including phenoxy) is 2. The normalized spacial score (nSPS) is 11.5. The smallest absolute Gasteiger partial charge is 0.227 e. The number of Topliss-reactive ketones (excluding diaryl/α,β-unsaturated/α-hetero) is 1. The van der Waals surface area contributed by atoms with Crippen LogP contribution in [-0.4, -0.2) is 49.7 Å². The van der Waals surface area contributed by atoms with Gasteiger partial charge < -0.3 is 25.2 Å². The molecule has 1 amide bonds. The highest BCUT2D eigenvalue weighted by Crippen LogP contribution is 2.25. The van der Waals surface area contributed by atoms with Crippen LogP contribution < -0.4 is 20.1 Å². The van der Waals surface area contributed by atoms with Gasteiger partial charge in [0, 0.05) is 13.1 Å². The number of carbonyl (C=O) groups is 2. The first-order valence-corrected chi connectivity index (χ1v) is 9.05. The molecule has 0 radical (unpaired) electrons. The third kappa shape index (κ3) is 7.77. The summed E-state index contributed by atoms with van der Waals surface area (Å²) in [5, 5.41) is 15.5. The standard InChI is InChI=1S/C21H26N2O5/c1-27-19-9-5-6-10-20(19)28-15-18(25)14-22-13-17(24)11-21(26)23-12-16-7-3-2-4-8-16/h2-10,18,22,25H,11-15H2,1H3,(H,23,26). The lowest BCUT2D eigenvalue weighted by molar-refractivity contribution is -0.127. The van der Waals surface area contributed by atoms with Crippen LogP contribution in [-0.2, 0) is 16.1 Å².